The molecule has 2 aliphatic heterocycles. The van der Waals surface area contributed by atoms with E-state index in [-0.39, 0.29) is 30.2 Å². The highest BCUT2D eigenvalue weighted by atomic mass is 32.1. The Kier molecular flexibility index (Phi) is 5.76. The number of carbonyl (C=O) groups excluding carboxylic acids is 2. The molecule has 154 valence electrons. The van der Waals surface area contributed by atoms with E-state index in [0.29, 0.717) is 37.2 Å². The lowest BCUT2D eigenvalue weighted by molar-refractivity contribution is -0.127. The van der Waals surface area contributed by atoms with Crippen LogP contribution >= 0.6 is 11.3 Å². The van der Waals surface area contributed by atoms with Gasteiger partial charge in [-0.05, 0) is 35.9 Å². The number of amides is 2. The van der Waals surface area contributed by atoms with Gasteiger partial charge >= 0.3 is 0 Å². The van der Waals surface area contributed by atoms with Crippen LogP contribution in [0.4, 0.5) is 5.69 Å². The van der Waals surface area contributed by atoms with E-state index < -0.39 is 0 Å². The Morgan fingerprint density at radius 2 is 2.03 bits per heavy atom. The third-order valence-electron chi connectivity index (χ3n) is 5.24. The number of anilines is 1. The maximum Gasteiger partial charge on any atom is 0.227 e. The minimum Gasteiger partial charge on any atom is -0.486 e. The van der Waals surface area contributed by atoms with Crippen LogP contribution in [0.25, 0.3) is 0 Å². The number of benzene rings is 1. The third-order valence-corrected chi connectivity index (χ3v) is 6.23. The molecule has 2 unspecified atom stereocenters. The highest BCUT2D eigenvalue weighted by Gasteiger charge is 2.36. The summed E-state index contributed by atoms with van der Waals surface area (Å²) in [7, 11) is 0. The number of ether oxygens (including phenoxy) is 2. The van der Waals surface area contributed by atoms with E-state index in [1.54, 1.807) is 16.2 Å². The van der Waals surface area contributed by atoms with Crippen molar-refractivity contribution in [2.24, 2.45) is 11.8 Å². The molecule has 2 aromatic rings. The summed E-state index contributed by atoms with van der Waals surface area (Å²) in [6.07, 6.45) is 1.10. The maximum absolute atomic E-state index is 13.0. The van der Waals surface area contributed by atoms with Crippen molar-refractivity contribution in [3.63, 3.8) is 0 Å². The molecule has 0 aliphatic carbocycles. The van der Waals surface area contributed by atoms with Crippen molar-refractivity contribution in [3.05, 3.63) is 40.6 Å². The molecular formula is C22H26N2O4S. The summed E-state index contributed by atoms with van der Waals surface area (Å²) < 4.78 is 11.2. The molecule has 2 amide bonds. The largest absolute Gasteiger partial charge is 0.486 e. The second-order valence-corrected chi connectivity index (χ2v) is 8.92. The Bertz CT molecular complexity index is 881. The molecule has 2 atom stereocenters. The number of hydrogen-bond acceptors (Lipinski definition) is 5. The first-order chi connectivity index (χ1) is 14.0. The Hall–Kier alpha value is -2.54. The van der Waals surface area contributed by atoms with Gasteiger partial charge in [0.15, 0.2) is 11.5 Å². The first-order valence-corrected chi connectivity index (χ1v) is 10.9. The van der Waals surface area contributed by atoms with Crippen LogP contribution in [0.1, 0.15) is 37.6 Å². The third kappa shape index (κ3) is 4.40. The number of fused-ring (bicyclic) bond motifs is 1. The smallest absolute Gasteiger partial charge is 0.227 e. The predicted octanol–water partition coefficient (Wildman–Crippen LogP) is 3.78. The van der Waals surface area contributed by atoms with Gasteiger partial charge in [0.25, 0.3) is 0 Å². The van der Waals surface area contributed by atoms with E-state index in [9.17, 15) is 9.59 Å². The molecule has 0 saturated carbocycles. The summed E-state index contributed by atoms with van der Waals surface area (Å²) in [5.41, 5.74) is 0.742. The van der Waals surface area contributed by atoms with E-state index in [1.165, 1.54) is 0 Å². The highest BCUT2D eigenvalue weighted by molar-refractivity contribution is 7.10. The van der Waals surface area contributed by atoms with Crippen LogP contribution in [0.15, 0.2) is 35.7 Å². The van der Waals surface area contributed by atoms with Crippen LogP contribution in [-0.2, 0) is 9.59 Å². The van der Waals surface area contributed by atoms with E-state index in [1.807, 2.05) is 29.6 Å². The number of nitrogens with zero attached hydrogens (tertiary/aromatic N) is 1. The molecule has 0 spiro atoms. The van der Waals surface area contributed by atoms with Gasteiger partial charge < -0.3 is 19.7 Å². The van der Waals surface area contributed by atoms with Crippen molar-refractivity contribution in [2.45, 2.75) is 32.7 Å². The summed E-state index contributed by atoms with van der Waals surface area (Å²) in [6.45, 7) is 5.70. The summed E-state index contributed by atoms with van der Waals surface area (Å²) in [5.74, 6) is 1.33. The zero-order valence-electron chi connectivity index (χ0n) is 16.7. The average Bonchev–Trinajstić information content (AvgIpc) is 3.37. The van der Waals surface area contributed by atoms with Crippen molar-refractivity contribution >= 4 is 28.8 Å². The molecular weight excluding hydrogens is 388 g/mol. The molecule has 1 aromatic heterocycles. The SMILES string of the molecule is CC(C)CC(NC(=O)C1CC(=O)N(c2ccc3c(c2)OCCO3)C1)c1cccs1. The first kappa shape index (κ1) is 19.8. The van der Waals surface area contributed by atoms with Gasteiger partial charge in [-0.3, -0.25) is 9.59 Å². The number of rotatable bonds is 6. The van der Waals surface area contributed by atoms with Gasteiger partial charge in [0.1, 0.15) is 13.2 Å². The second-order valence-electron chi connectivity index (χ2n) is 7.94. The van der Waals surface area contributed by atoms with Crippen LogP contribution in [0.2, 0.25) is 0 Å². The highest BCUT2D eigenvalue weighted by Crippen LogP contribution is 2.36. The van der Waals surface area contributed by atoms with Crippen LogP contribution in [0.3, 0.4) is 0 Å². The molecule has 2 aliphatic rings. The lowest BCUT2D eigenvalue weighted by Crippen LogP contribution is -2.35. The molecule has 4 rings (SSSR count). The van der Waals surface area contributed by atoms with Gasteiger partial charge in [0, 0.05) is 29.6 Å². The normalized spacial score (nSPS) is 19.5. The fourth-order valence-electron chi connectivity index (χ4n) is 3.83. The van der Waals surface area contributed by atoms with Gasteiger partial charge in [-0.2, -0.15) is 0 Å². The molecule has 6 nitrogen and oxygen atoms in total. The average molecular weight is 415 g/mol. The van der Waals surface area contributed by atoms with Gasteiger partial charge in [-0.15, -0.1) is 11.3 Å². The zero-order valence-corrected chi connectivity index (χ0v) is 17.5. The lowest BCUT2D eigenvalue weighted by Gasteiger charge is -2.23. The number of thiophene rings is 1. The summed E-state index contributed by atoms with van der Waals surface area (Å²) in [6, 6.07) is 9.53. The maximum atomic E-state index is 13.0. The summed E-state index contributed by atoms with van der Waals surface area (Å²) in [5, 5.41) is 5.21. The molecule has 7 heteroatoms. The molecule has 0 bridgehead atoms. The zero-order chi connectivity index (χ0) is 20.4. The molecule has 29 heavy (non-hydrogen) atoms. The van der Waals surface area contributed by atoms with Gasteiger partial charge in [0.2, 0.25) is 11.8 Å². The number of hydrogen-bond donors (Lipinski definition) is 1. The van der Waals surface area contributed by atoms with Crippen LogP contribution in [0, 0.1) is 11.8 Å². The van der Waals surface area contributed by atoms with E-state index in [2.05, 4.69) is 25.2 Å². The second kappa shape index (κ2) is 8.45. The standard InChI is InChI=1S/C22H26N2O4S/c1-14(2)10-17(20-4-3-9-29-20)23-22(26)15-11-21(25)24(13-15)16-5-6-18-19(12-16)28-8-7-27-18/h3-6,9,12,14-15,17H,7-8,10-11,13H2,1-2H3,(H,23,26). The monoisotopic (exact) mass is 414 g/mol. The predicted molar refractivity (Wildman–Crippen MR) is 113 cm³/mol. The topological polar surface area (TPSA) is 67.9 Å². The van der Waals surface area contributed by atoms with Crippen molar-refractivity contribution < 1.29 is 19.1 Å². The van der Waals surface area contributed by atoms with Gasteiger partial charge in [-0.25, -0.2) is 0 Å². The molecule has 3 heterocycles. The molecule has 1 aromatic carbocycles. The van der Waals surface area contributed by atoms with Gasteiger partial charge in [-0.1, -0.05) is 19.9 Å². The number of nitrogens with one attached hydrogen (secondary N) is 1. The van der Waals surface area contributed by atoms with Crippen LogP contribution in [0.5, 0.6) is 11.5 Å². The Morgan fingerprint density at radius 3 is 2.76 bits per heavy atom. The fraction of sp³-hybridized carbons (Fsp3) is 0.455. The molecule has 0 radical (unpaired) electrons. The Labute approximate surface area is 174 Å². The quantitative estimate of drug-likeness (QED) is 0.781. The van der Waals surface area contributed by atoms with Crippen molar-refractivity contribution in [1.82, 2.24) is 5.32 Å². The van der Waals surface area contributed by atoms with Crippen LogP contribution in [-0.4, -0.2) is 31.6 Å². The van der Waals surface area contributed by atoms with E-state index in [0.717, 1.165) is 17.0 Å². The summed E-state index contributed by atoms with van der Waals surface area (Å²) in [4.78, 5) is 28.4. The van der Waals surface area contributed by atoms with E-state index >= 15 is 0 Å². The molecule has 1 N–H and O–H groups in total. The molecule has 1 fully saturated rings. The Morgan fingerprint density at radius 1 is 1.24 bits per heavy atom. The van der Waals surface area contributed by atoms with Crippen molar-refractivity contribution in [2.75, 3.05) is 24.7 Å². The lowest BCUT2D eigenvalue weighted by atomic mass is 10.0. The van der Waals surface area contributed by atoms with Crippen molar-refractivity contribution in [1.29, 1.82) is 0 Å². The fourth-order valence-corrected chi connectivity index (χ4v) is 4.62. The number of carbonyl (C=O) groups is 2. The van der Waals surface area contributed by atoms with Gasteiger partial charge in [0.05, 0.1) is 12.0 Å². The molecule has 1 saturated heterocycles. The first-order valence-electron chi connectivity index (χ1n) is 10.0. The Balaban J connectivity index is 1.45. The minimum atomic E-state index is -0.356. The van der Waals surface area contributed by atoms with Crippen molar-refractivity contribution in [3.8, 4) is 11.5 Å². The summed E-state index contributed by atoms with van der Waals surface area (Å²) >= 11 is 1.65. The minimum absolute atomic E-state index is 0.0130. The van der Waals surface area contributed by atoms with Crippen LogP contribution < -0.4 is 19.7 Å². The van der Waals surface area contributed by atoms with E-state index in [4.69, 9.17) is 9.47 Å².